The summed E-state index contributed by atoms with van der Waals surface area (Å²) in [5.41, 5.74) is 6.14. The minimum absolute atomic E-state index is 0.00917. The average Bonchev–Trinajstić information content (AvgIpc) is 2.38. The van der Waals surface area contributed by atoms with E-state index in [-0.39, 0.29) is 23.7 Å². The van der Waals surface area contributed by atoms with Crippen LogP contribution in [0, 0.1) is 0 Å². The average molecular weight is 273 g/mol. The molecule has 1 aromatic rings. The molecule has 0 spiro atoms. The van der Waals surface area contributed by atoms with Gasteiger partial charge in [0, 0.05) is 12.6 Å². The Labute approximate surface area is 107 Å². The standard InChI is InChI=1S/C12H19NO4S/c1-2-18(16,17)10-5-3-4-9(8-10)12(15)11(13)6-7-14/h3-5,8,11-12,14-15H,2,6-7,13H2,1H3. The second-order valence-electron chi connectivity index (χ2n) is 4.10. The quantitative estimate of drug-likeness (QED) is 0.688. The Bertz CT molecular complexity index is 487. The minimum Gasteiger partial charge on any atom is -0.396 e. The third kappa shape index (κ3) is 3.52. The Balaban J connectivity index is 3.02. The summed E-state index contributed by atoms with van der Waals surface area (Å²) in [6, 6.07) is 5.51. The van der Waals surface area contributed by atoms with Gasteiger partial charge in [0.15, 0.2) is 9.84 Å². The Hall–Kier alpha value is -0.950. The van der Waals surface area contributed by atoms with Crippen molar-refractivity contribution in [2.75, 3.05) is 12.4 Å². The van der Waals surface area contributed by atoms with E-state index in [4.69, 9.17) is 10.8 Å². The second kappa shape index (κ2) is 6.29. The highest BCUT2D eigenvalue weighted by Crippen LogP contribution is 2.21. The number of hydrogen-bond donors (Lipinski definition) is 3. The van der Waals surface area contributed by atoms with E-state index in [0.29, 0.717) is 5.56 Å². The largest absolute Gasteiger partial charge is 0.396 e. The SMILES string of the molecule is CCS(=O)(=O)c1cccc(C(O)C(N)CCO)c1. The molecule has 102 valence electrons. The molecule has 5 nitrogen and oxygen atoms in total. The van der Waals surface area contributed by atoms with Crippen LogP contribution in [0.4, 0.5) is 0 Å². The van der Waals surface area contributed by atoms with Gasteiger partial charge in [-0.25, -0.2) is 8.42 Å². The van der Waals surface area contributed by atoms with Gasteiger partial charge in [-0.3, -0.25) is 0 Å². The lowest BCUT2D eigenvalue weighted by Gasteiger charge is -2.18. The molecule has 0 saturated heterocycles. The van der Waals surface area contributed by atoms with Crippen LogP contribution >= 0.6 is 0 Å². The molecule has 0 amide bonds. The first-order valence-corrected chi connectivity index (χ1v) is 7.44. The van der Waals surface area contributed by atoms with Gasteiger partial charge in [-0.2, -0.15) is 0 Å². The Morgan fingerprint density at radius 3 is 2.61 bits per heavy atom. The fourth-order valence-corrected chi connectivity index (χ4v) is 2.55. The van der Waals surface area contributed by atoms with Crippen LogP contribution in [0.3, 0.4) is 0 Å². The molecule has 0 heterocycles. The van der Waals surface area contributed by atoms with Gasteiger partial charge >= 0.3 is 0 Å². The van der Waals surface area contributed by atoms with Crippen molar-refractivity contribution < 1.29 is 18.6 Å². The number of nitrogens with two attached hydrogens (primary N) is 1. The lowest BCUT2D eigenvalue weighted by molar-refractivity contribution is 0.129. The van der Waals surface area contributed by atoms with Gasteiger partial charge < -0.3 is 15.9 Å². The highest BCUT2D eigenvalue weighted by molar-refractivity contribution is 7.91. The molecule has 0 aliphatic carbocycles. The van der Waals surface area contributed by atoms with Crippen LogP contribution in [0.1, 0.15) is 25.0 Å². The summed E-state index contributed by atoms with van der Waals surface area (Å²) in [5.74, 6) is 0.00917. The molecule has 2 unspecified atom stereocenters. The summed E-state index contributed by atoms with van der Waals surface area (Å²) in [7, 11) is -3.29. The summed E-state index contributed by atoms with van der Waals surface area (Å²) >= 11 is 0. The van der Waals surface area contributed by atoms with Gasteiger partial charge in [-0.1, -0.05) is 19.1 Å². The highest BCUT2D eigenvalue weighted by Gasteiger charge is 2.19. The summed E-state index contributed by atoms with van der Waals surface area (Å²) in [5, 5.41) is 18.7. The number of hydrogen-bond acceptors (Lipinski definition) is 5. The van der Waals surface area contributed by atoms with E-state index < -0.39 is 22.0 Å². The maximum absolute atomic E-state index is 11.7. The molecule has 0 aliphatic heterocycles. The molecule has 0 aromatic heterocycles. The second-order valence-corrected chi connectivity index (χ2v) is 6.38. The predicted octanol–water partition coefficient (Wildman–Crippen LogP) is 0.223. The number of aliphatic hydroxyl groups is 2. The molecule has 0 saturated carbocycles. The van der Waals surface area contributed by atoms with E-state index in [1.165, 1.54) is 12.1 Å². The lowest BCUT2D eigenvalue weighted by Crippen LogP contribution is -2.29. The molecule has 0 aliphatic rings. The number of benzene rings is 1. The Kier molecular flexibility index (Phi) is 5.28. The number of rotatable bonds is 6. The van der Waals surface area contributed by atoms with Crippen molar-refractivity contribution in [2.24, 2.45) is 5.73 Å². The summed E-state index contributed by atoms with van der Waals surface area (Å²) in [4.78, 5) is 0.178. The third-order valence-electron chi connectivity index (χ3n) is 2.81. The van der Waals surface area contributed by atoms with Crippen LogP contribution in [0.25, 0.3) is 0 Å². The van der Waals surface area contributed by atoms with E-state index in [1.54, 1.807) is 19.1 Å². The summed E-state index contributed by atoms with van der Waals surface area (Å²) in [6.45, 7) is 1.45. The molecular formula is C12H19NO4S. The van der Waals surface area contributed by atoms with E-state index in [2.05, 4.69) is 0 Å². The molecule has 2 atom stereocenters. The van der Waals surface area contributed by atoms with Crippen molar-refractivity contribution in [3.05, 3.63) is 29.8 Å². The number of aliphatic hydroxyl groups excluding tert-OH is 2. The zero-order chi connectivity index (χ0) is 13.8. The third-order valence-corrected chi connectivity index (χ3v) is 4.54. The van der Waals surface area contributed by atoms with Crippen molar-refractivity contribution in [3.8, 4) is 0 Å². The molecule has 1 rings (SSSR count). The molecule has 0 bridgehead atoms. The predicted molar refractivity (Wildman–Crippen MR) is 68.8 cm³/mol. The normalized spacial score (nSPS) is 15.3. The van der Waals surface area contributed by atoms with E-state index in [0.717, 1.165) is 0 Å². The number of sulfone groups is 1. The fraction of sp³-hybridized carbons (Fsp3) is 0.500. The van der Waals surface area contributed by atoms with Gasteiger partial charge in [0.05, 0.1) is 16.8 Å². The first kappa shape index (κ1) is 15.1. The monoisotopic (exact) mass is 273 g/mol. The van der Waals surface area contributed by atoms with Crippen molar-refractivity contribution in [3.63, 3.8) is 0 Å². The van der Waals surface area contributed by atoms with Crippen molar-refractivity contribution in [2.45, 2.75) is 30.4 Å². The smallest absolute Gasteiger partial charge is 0.178 e. The molecule has 1 aromatic carbocycles. The highest BCUT2D eigenvalue weighted by atomic mass is 32.2. The van der Waals surface area contributed by atoms with Crippen LogP contribution in [0.15, 0.2) is 29.2 Å². The molecular weight excluding hydrogens is 254 g/mol. The van der Waals surface area contributed by atoms with Crippen molar-refractivity contribution >= 4 is 9.84 Å². The Morgan fingerprint density at radius 1 is 1.39 bits per heavy atom. The first-order chi connectivity index (χ1) is 8.42. The van der Waals surface area contributed by atoms with Gasteiger partial charge in [0.2, 0.25) is 0 Å². The van der Waals surface area contributed by atoms with Crippen molar-refractivity contribution in [1.82, 2.24) is 0 Å². The van der Waals surface area contributed by atoms with Crippen molar-refractivity contribution in [1.29, 1.82) is 0 Å². The summed E-state index contributed by atoms with van der Waals surface area (Å²) < 4.78 is 23.4. The van der Waals surface area contributed by atoms with Crippen LogP contribution in [-0.4, -0.2) is 37.0 Å². The van der Waals surface area contributed by atoms with Crippen LogP contribution in [0.5, 0.6) is 0 Å². The molecule has 0 radical (unpaired) electrons. The molecule has 4 N–H and O–H groups in total. The van der Waals surface area contributed by atoms with Gasteiger partial charge in [-0.15, -0.1) is 0 Å². The van der Waals surface area contributed by atoms with Crippen LogP contribution in [0.2, 0.25) is 0 Å². The minimum atomic E-state index is -3.29. The topological polar surface area (TPSA) is 101 Å². The van der Waals surface area contributed by atoms with Gasteiger partial charge in [-0.05, 0) is 24.1 Å². The lowest BCUT2D eigenvalue weighted by atomic mass is 10.0. The molecule has 18 heavy (non-hydrogen) atoms. The van der Waals surface area contributed by atoms with Crippen LogP contribution in [-0.2, 0) is 9.84 Å². The fourth-order valence-electron chi connectivity index (χ4n) is 1.61. The maximum atomic E-state index is 11.7. The zero-order valence-electron chi connectivity index (χ0n) is 10.3. The van der Waals surface area contributed by atoms with E-state index >= 15 is 0 Å². The first-order valence-electron chi connectivity index (χ1n) is 5.79. The molecule has 6 heteroatoms. The summed E-state index contributed by atoms with van der Waals surface area (Å²) in [6.07, 6.45) is -0.726. The van der Waals surface area contributed by atoms with E-state index in [1.807, 2.05) is 0 Å². The van der Waals surface area contributed by atoms with Gasteiger partial charge in [0.25, 0.3) is 0 Å². The maximum Gasteiger partial charge on any atom is 0.178 e. The Morgan fingerprint density at radius 2 is 2.06 bits per heavy atom. The van der Waals surface area contributed by atoms with Gasteiger partial charge in [0.1, 0.15) is 0 Å². The van der Waals surface area contributed by atoms with E-state index in [9.17, 15) is 13.5 Å². The molecule has 0 fully saturated rings. The van der Waals surface area contributed by atoms with Crippen LogP contribution < -0.4 is 5.73 Å². The zero-order valence-corrected chi connectivity index (χ0v) is 11.1.